The van der Waals surface area contributed by atoms with Gasteiger partial charge >= 0.3 is 5.97 Å². The number of benzene rings is 1. The molecule has 0 atom stereocenters. The van der Waals surface area contributed by atoms with Gasteiger partial charge in [-0.2, -0.15) is 4.98 Å². The van der Waals surface area contributed by atoms with Gasteiger partial charge in [0.2, 0.25) is 5.88 Å². The van der Waals surface area contributed by atoms with E-state index in [0.29, 0.717) is 5.82 Å². The fourth-order valence-corrected chi connectivity index (χ4v) is 1.85. The van der Waals surface area contributed by atoms with E-state index in [-0.39, 0.29) is 23.0 Å². The highest BCUT2D eigenvalue weighted by Gasteiger charge is 2.17. The normalized spacial score (nSPS) is 10.2. The van der Waals surface area contributed by atoms with E-state index in [9.17, 15) is 4.79 Å². The van der Waals surface area contributed by atoms with Crippen molar-refractivity contribution in [3.8, 4) is 17.3 Å². The first-order chi connectivity index (χ1) is 9.11. The molecule has 98 valence electrons. The number of carboxylic acids is 1. The Morgan fingerprint density at radius 2 is 2.00 bits per heavy atom. The lowest BCUT2D eigenvalue weighted by atomic mass is 10.2. The second-order valence-electron chi connectivity index (χ2n) is 3.76. The van der Waals surface area contributed by atoms with Crippen LogP contribution in [0.15, 0.2) is 30.3 Å². The number of halogens is 1. The summed E-state index contributed by atoms with van der Waals surface area (Å²) in [6.07, 6.45) is -0.281. The molecule has 2 aromatic rings. The lowest BCUT2D eigenvalue weighted by Gasteiger charge is -2.09. The van der Waals surface area contributed by atoms with E-state index in [0.717, 1.165) is 5.56 Å². The summed E-state index contributed by atoms with van der Waals surface area (Å²) >= 11 is 6.01. The topological polar surface area (TPSA) is 72.3 Å². The summed E-state index contributed by atoms with van der Waals surface area (Å²) in [6.45, 7) is 0. The Kier molecular flexibility index (Phi) is 3.97. The number of methoxy groups -OCH3 is 1. The van der Waals surface area contributed by atoms with E-state index in [4.69, 9.17) is 21.4 Å². The Morgan fingerprint density at radius 1 is 1.32 bits per heavy atom. The van der Waals surface area contributed by atoms with Crippen molar-refractivity contribution in [3.05, 3.63) is 41.0 Å². The molecule has 0 aliphatic rings. The maximum Gasteiger partial charge on any atom is 0.308 e. The molecule has 1 aromatic heterocycles. The van der Waals surface area contributed by atoms with Crippen molar-refractivity contribution in [1.82, 2.24) is 9.97 Å². The average Bonchev–Trinajstić information content (AvgIpc) is 2.41. The van der Waals surface area contributed by atoms with Gasteiger partial charge in [-0.15, -0.1) is 0 Å². The molecule has 19 heavy (non-hydrogen) atoms. The fraction of sp³-hybridized carbons (Fsp3) is 0.154. The first kappa shape index (κ1) is 13.3. The molecular formula is C13H11ClN2O3. The molecule has 2 rings (SSSR count). The minimum Gasteiger partial charge on any atom is -0.481 e. The molecule has 1 aromatic carbocycles. The van der Waals surface area contributed by atoms with Crippen molar-refractivity contribution in [3.63, 3.8) is 0 Å². The van der Waals surface area contributed by atoms with Crippen LogP contribution in [0.4, 0.5) is 0 Å². The average molecular weight is 279 g/mol. The second-order valence-corrected chi connectivity index (χ2v) is 4.12. The van der Waals surface area contributed by atoms with E-state index in [1.807, 2.05) is 30.3 Å². The van der Waals surface area contributed by atoms with Gasteiger partial charge in [-0.05, 0) is 0 Å². The first-order valence-electron chi connectivity index (χ1n) is 5.49. The molecule has 1 heterocycles. The smallest absolute Gasteiger partial charge is 0.308 e. The summed E-state index contributed by atoms with van der Waals surface area (Å²) in [6, 6.07) is 9.25. The Morgan fingerprint density at radius 3 is 2.58 bits per heavy atom. The van der Waals surface area contributed by atoms with E-state index in [2.05, 4.69) is 9.97 Å². The van der Waals surface area contributed by atoms with Crippen LogP contribution in [0.25, 0.3) is 11.4 Å². The molecule has 0 saturated carbocycles. The zero-order chi connectivity index (χ0) is 13.8. The summed E-state index contributed by atoms with van der Waals surface area (Å²) in [5.74, 6) is -0.436. The summed E-state index contributed by atoms with van der Waals surface area (Å²) in [5.41, 5.74) is 1.06. The van der Waals surface area contributed by atoms with Crippen LogP contribution >= 0.6 is 11.6 Å². The number of hydrogen-bond acceptors (Lipinski definition) is 4. The minimum atomic E-state index is -1.02. The third kappa shape index (κ3) is 3.00. The number of carbonyl (C=O) groups is 1. The fourth-order valence-electron chi connectivity index (χ4n) is 1.62. The maximum atomic E-state index is 10.8. The van der Waals surface area contributed by atoms with Crippen LogP contribution in [0.2, 0.25) is 5.15 Å². The highest BCUT2D eigenvalue weighted by molar-refractivity contribution is 6.30. The quantitative estimate of drug-likeness (QED) is 0.870. The summed E-state index contributed by atoms with van der Waals surface area (Å²) in [7, 11) is 1.42. The number of aromatic nitrogens is 2. The van der Waals surface area contributed by atoms with Gasteiger partial charge in [-0.3, -0.25) is 4.79 Å². The van der Waals surface area contributed by atoms with Crippen molar-refractivity contribution in [2.75, 3.05) is 7.11 Å². The van der Waals surface area contributed by atoms with Gasteiger partial charge in [0.05, 0.1) is 19.1 Å². The summed E-state index contributed by atoms with van der Waals surface area (Å²) < 4.78 is 5.09. The molecule has 0 aliphatic heterocycles. The van der Waals surface area contributed by atoms with Crippen LogP contribution in [-0.2, 0) is 11.2 Å². The standard InChI is InChI=1S/C13H11ClN2O3/c1-19-13-9(7-10(17)18)11(14)15-12(16-13)8-5-3-2-4-6-8/h2-6H,7H2,1H3,(H,17,18). The number of rotatable bonds is 4. The SMILES string of the molecule is COc1nc(-c2ccccc2)nc(Cl)c1CC(=O)O. The largest absolute Gasteiger partial charge is 0.481 e. The second kappa shape index (κ2) is 5.67. The maximum absolute atomic E-state index is 10.8. The van der Waals surface area contributed by atoms with Crippen molar-refractivity contribution in [2.24, 2.45) is 0 Å². The minimum absolute atomic E-state index is 0.0908. The summed E-state index contributed by atoms with van der Waals surface area (Å²) in [4.78, 5) is 19.1. The highest BCUT2D eigenvalue weighted by atomic mass is 35.5. The van der Waals surface area contributed by atoms with Gasteiger partial charge in [-0.25, -0.2) is 4.98 Å². The van der Waals surface area contributed by atoms with Gasteiger partial charge in [0.15, 0.2) is 5.82 Å². The predicted octanol–water partition coefficient (Wildman–Crippen LogP) is 2.43. The molecule has 0 fully saturated rings. The molecule has 0 unspecified atom stereocenters. The van der Waals surface area contributed by atoms with E-state index >= 15 is 0 Å². The zero-order valence-corrected chi connectivity index (χ0v) is 10.9. The van der Waals surface area contributed by atoms with Crippen molar-refractivity contribution in [2.45, 2.75) is 6.42 Å². The lowest BCUT2D eigenvalue weighted by molar-refractivity contribution is -0.136. The van der Waals surface area contributed by atoms with Crippen LogP contribution in [0.3, 0.4) is 0 Å². The van der Waals surface area contributed by atoms with Gasteiger partial charge in [0.25, 0.3) is 0 Å². The van der Waals surface area contributed by atoms with E-state index in [1.54, 1.807) is 0 Å². The van der Waals surface area contributed by atoms with Crippen LogP contribution in [0, 0.1) is 0 Å². The van der Waals surface area contributed by atoms with Crippen LogP contribution in [-0.4, -0.2) is 28.2 Å². The molecule has 0 bridgehead atoms. The first-order valence-corrected chi connectivity index (χ1v) is 5.87. The predicted molar refractivity (Wildman–Crippen MR) is 70.4 cm³/mol. The van der Waals surface area contributed by atoms with Crippen molar-refractivity contribution < 1.29 is 14.6 Å². The number of nitrogens with zero attached hydrogens (tertiary/aromatic N) is 2. The molecule has 6 heteroatoms. The third-order valence-electron chi connectivity index (χ3n) is 2.47. The Balaban J connectivity index is 2.50. The lowest BCUT2D eigenvalue weighted by Crippen LogP contribution is -2.07. The van der Waals surface area contributed by atoms with Crippen molar-refractivity contribution >= 4 is 17.6 Å². The Labute approximate surface area is 114 Å². The highest BCUT2D eigenvalue weighted by Crippen LogP contribution is 2.27. The molecule has 0 aliphatic carbocycles. The zero-order valence-electron chi connectivity index (χ0n) is 10.1. The monoisotopic (exact) mass is 278 g/mol. The summed E-state index contributed by atoms with van der Waals surface area (Å²) in [5, 5.41) is 8.92. The molecule has 1 N–H and O–H groups in total. The van der Waals surface area contributed by atoms with Gasteiger partial charge in [0.1, 0.15) is 5.15 Å². The molecular weight excluding hydrogens is 268 g/mol. The van der Waals surface area contributed by atoms with Crippen molar-refractivity contribution in [1.29, 1.82) is 0 Å². The molecule has 0 amide bonds. The van der Waals surface area contributed by atoms with Gasteiger partial charge in [0, 0.05) is 5.56 Å². The van der Waals surface area contributed by atoms with E-state index < -0.39 is 5.97 Å². The van der Waals surface area contributed by atoms with Crippen LogP contribution < -0.4 is 4.74 Å². The Bertz CT molecular complexity index is 602. The van der Waals surface area contributed by atoms with Crippen LogP contribution in [0.5, 0.6) is 5.88 Å². The Hall–Kier alpha value is -2.14. The van der Waals surface area contributed by atoms with Crippen LogP contribution in [0.1, 0.15) is 5.56 Å². The molecule has 0 radical (unpaired) electrons. The van der Waals surface area contributed by atoms with Gasteiger partial charge in [-0.1, -0.05) is 41.9 Å². The number of hydrogen-bond donors (Lipinski definition) is 1. The molecule has 0 spiro atoms. The number of carboxylic acid groups (broad SMARTS) is 1. The molecule has 5 nitrogen and oxygen atoms in total. The van der Waals surface area contributed by atoms with Gasteiger partial charge < -0.3 is 9.84 Å². The van der Waals surface area contributed by atoms with E-state index in [1.165, 1.54) is 7.11 Å². The number of aliphatic carboxylic acids is 1. The third-order valence-corrected chi connectivity index (χ3v) is 2.78. The number of ether oxygens (including phenoxy) is 1. The molecule has 0 saturated heterocycles.